The van der Waals surface area contributed by atoms with Gasteiger partial charge < -0.3 is 24.8 Å². The van der Waals surface area contributed by atoms with E-state index in [9.17, 15) is 10.0 Å². The molecule has 0 aromatic heterocycles. The molecule has 0 aliphatic carbocycles. The number of aliphatic hydroxyl groups is 3. The lowest BCUT2D eigenvalue weighted by molar-refractivity contribution is -0.166. The van der Waals surface area contributed by atoms with E-state index in [0.717, 1.165) is 0 Å². The number of nitrogens with zero attached hydrogens (tertiary/aromatic N) is 1. The van der Waals surface area contributed by atoms with Gasteiger partial charge in [0.25, 0.3) is 6.41 Å². The van der Waals surface area contributed by atoms with Crippen LogP contribution in [0, 0.1) is 4.91 Å². The van der Waals surface area contributed by atoms with Crippen LogP contribution in [0.2, 0.25) is 0 Å². The summed E-state index contributed by atoms with van der Waals surface area (Å²) in [4.78, 5) is 10.2. The van der Waals surface area contributed by atoms with E-state index in [4.69, 9.17) is 25.4 Å². The molecule has 0 spiro atoms. The van der Waals surface area contributed by atoms with Gasteiger partial charge in [-0.1, -0.05) is 0 Å². The number of benzene rings is 1. The average Bonchev–Trinajstić information content (AvgIpc) is 2.44. The van der Waals surface area contributed by atoms with E-state index in [-0.39, 0.29) is 5.69 Å². The fraction of sp³-hybridized carbons (Fsp3) is 0.455. The monoisotopic (exact) mass is 272 g/mol. The van der Waals surface area contributed by atoms with Crippen LogP contribution in [0.4, 0.5) is 5.69 Å². The summed E-state index contributed by atoms with van der Waals surface area (Å²) >= 11 is 0. The van der Waals surface area contributed by atoms with Gasteiger partial charge in [-0.05, 0) is 29.4 Å². The van der Waals surface area contributed by atoms with Crippen LogP contribution in [0.3, 0.4) is 0 Å². The van der Waals surface area contributed by atoms with Crippen LogP contribution in [0.1, 0.15) is 0 Å². The third kappa shape index (κ3) is 4.89. The number of rotatable bonds is 8. The number of hydrogen-bond donors (Lipinski definition) is 4. The quantitative estimate of drug-likeness (QED) is 0.368. The standard InChI is InChI=1S/C11H16N2O6/c12-11(19-10(6-15)9(16)5-14)18-8-3-1-7(13-17)2-4-8/h1-4,9-11,14-16H,5-6,12H2/t9-,10?,11-/m0/s1. The van der Waals surface area contributed by atoms with Crippen molar-refractivity contribution in [1.29, 1.82) is 0 Å². The fourth-order valence-electron chi connectivity index (χ4n) is 1.29. The molecular formula is C11H16N2O6. The number of nitrogens with two attached hydrogens (primary N) is 1. The van der Waals surface area contributed by atoms with Crippen LogP contribution < -0.4 is 10.5 Å². The lowest BCUT2D eigenvalue weighted by Gasteiger charge is -2.24. The predicted molar refractivity (Wildman–Crippen MR) is 65.6 cm³/mol. The van der Waals surface area contributed by atoms with E-state index in [1.165, 1.54) is 24.3 Å². The zero-order valence-corrected chi connectivity index (χ0v) is 10.0. The summed E-state index contributed by atoms with van der Waals surface area (Å²) in [6.45, 7) is -1.09. The fourth-order valence-corrected chi connectivity index (χ4v) is 1.29. The first kappa shape index (κ1) is 15.5. The molecule has 0 bridgehead atoms. The van der Waals surface area contributed by atoms with Crippen molar-refractivity contribution in [3.63, 3.8) is 0 Å². The summed E-state index contributed by atoms with van der Waals surface area (Å²) in [5.41, 5.74) is 5.75. The van der Waals surface area contributed by atoms with Gasteiger partial charge in [0.2, 0.25) is 0 Å². The molecule has 0 amide bonds. The third-order valence-corrected chi connectivity index (χ3v) is 2.30. The molecule has 0 radical (unpaired) electrons. The van der Waals surface area contributed by atoms with E-state index in [1.807, 2.05) is 0 Å². The Balaban J connectivity index is 2.53. The highest BCUT2D eigenvalue weighted by molar-refractivity contribution is 5.40. The maximum Gasteiger partial charge on any atom is 0.257 e. The molecule has 1 aromatic carbocycles. The molecule has 1 unspecified atom stereocenters. The normalized spacial score (nSPS) is 15.6. The molecule has 0 saturated carbocycles. The van der Waals surface area contributed by atoms with Crippen molar-refractivity contribution in [2.24, 2.45) is 10.9 Å². The Hall–Kier alpha value is -1.58. The van der Waals surface area contributed by atoms with Crippen molar-refractivity contribution < 1.29 is 24.8 Å². The first-order chi connectivity index (χ1) is 9.10. The second-order valence-electron chi connectivity index (χ2n) is 3.68. The molecule has 0 aliphatic rings. The summed E-state index contributed by atoms with van der Waals surface area (Å²) in [7, 11) is 0. The summed E-state index contributed by atoms with van der Waals surface area (Å²) in [5, 5.41) is 29.7. The Labute approximate surface area is 109 Å². The van der Waals surface area contributed by atoms with Gasteiger partial charge in [0, 0.05) is 0 Å². The van der Waals surface area contributed by atoms with Gasteiger partial charge in [-0.2, -0.15) is 0 Å². The topological polar surface area (TPSA) is 135 Å². The minimum absolute atomic E-state index is 0.241. The van der Waals surface area contributed by atoms with Gasteiger partial charge in [0.15, 0.2) is 0 Å². The Morgan fingerprint density at radius 3 is 2.32 bits per heavy atom. The SMILES string of the molecule is N[C@@H](Oc1ccc(N=O)cc1)OC(CO)[C@@H](O)CO. The maximum atomic E-state index is 10.2. The number of ether oxygens (including phenoxy) is 2. The van der Waals surface area contributed by atoms with Crippen LogP contribution >= 0.6 is 0 Å². The Bertz CT molecular complexity index is 385. The first-order valence-corrected chi connectivity index (χ1v) is 5.51. The molecule has 8 heteroatoms. The van der Waals surface area contributed by atoms with Crippen molar-refractivity contribution in [1.82, 2.24) is 0 Å². The number of nitroso groups, excluding NO2 is 1. The molecular weight excluding hydrogens is 256 g/mol. The van der Waals surface area contributed by atoms with Crippen LogP contribution in [0.25, 0.3) is 0 Å². The molecule has 8 nitrogen and oxygen atoms in total. The van der Waals surface area contributed by atoms with Crippen LogP contribution in [0.15, 0.2) is 29.4 Å². The van der Waals surface area contributed by atoms with Crippen LogP contribution in [0.5, 0.6) is 5.75 Å². The Kier molecular flexibility index (Phi) is 6.33. The van der Waals surface area contributed by atoms with Crippen molar-refractivity contribution >= 4 is 5.69 Å². The summed E-state index contributed by atoms with van der Waals surface area (Å²) in [5.74, 6) is 0.329. The van der Waals surface area contributed by atoms with Gasteiger partial charge in [0.05, 0.1) is 13.2 Å². The molecule has 106 valence electrons. The highest BCUT2D eigenvalue weighted by atomic mass is 16.7. The smallest absolute Gasteiger partial charge is 0.257 e. The second kappa shape index (κ2) is 7.77. The van der Waals surface area contributed by atoms with Gasteiger partial charge in [-0.3, -0.25) is 5.73 Å². The maximum absolute atomic E-state index is 10.2. The lowest BCUT2D eigenvalue weighted by atomic mass is 10.2. The average molecular weight is 272 g/mol. The van der Waals surface area contributed by atoms with Crippen molar-refractivity contribution in [3.05, 3.63) is 29.2 Å². The zero-order chi connectivity index (χ0) is 14.3. The minimum Gasteiger partial charge on any atom is -0.451 e. The minimum atomic E-state index is -1.26. The molecule has 1 rings (SSSR count). The van der Waals surface area contributed by atoms with Crippen LogP contribution in [-0.2, 0) is 4.74 Å². The largest absolute Gasteiger partial charge is 0.451 e. The Morgan fingerprint density at radius 1 is 1.21 bits per heavy atom. The van der Waals surface area contributed by atoms with Crippen LogP contribution in [-0.4, -0.2) is 47.2 Å². The molecule has 5 N–H and O–H groups in total. The third-order valence-electron chi connectivity index (χ3n) is 2.30. The molecule has 0 fully saturated rings. The zero-order valence-electron chi connectivity index (χ0n) is 10.0. The summed E-state index contributed by atoms with van der Waals surface area (Å²) in [6.07, 6.45) is -3.56. The van der Waals surface area contributed by atoms with E-state index in [2.05, 4.69) is 5.18 Å². The van der Waals surface area contributed by atoms with Crippen molar-refractivity contribution in [2.75, 3.05) is 13.2 Å². The molecule has 0 heterocycles. The molecule has 0 saturated heterocycles. The van der Waals surface area contributed by atoms with E-state index in [0.29, 0.717) is 5.75 Å². The second-order valence-corrected chi connectivity index (χ2v) is 3.68. The van der Waals surface area contributed by atoms with E-state index in [1.54, 1.807) is 0 Å². The highest BCUT2D eigenvalue weighted by Gasteiger charge is 2.21. The predicted octanol–water partition coefficient (Wildman–Crippen LogP) is -0.564. The van der Waals surface area contributed by atoms with Gasteiger partial charge in [-0.15, -0.1) is 4.91 Å². The van der Waals surface area contributed by atoms with Gasteiger partial charge in [0.1, 0.15) is 23.6 Å². The lowest BCUT2D eigenvalue weighted by Crippen LogP contribution is -2.43. The molecule has 19 heavy (non-hydrogen) atoms. The first-order valence-electron chi connectivity index (χ1n) is 5.51. The molecule has 3 atom stereocenters. The molecule has 0 aliphatic heterocycles. The van der Waals surface area contributed by atoms with E-state index >= 15 is 0 Å². The molecule has 1 aromatic rings. The Morgan fingerprint density at radius 2 is 1.84 bits per heavy atom. The van der Waals surface area contributed by atoms with Gasteiger partial charge in [-0.25, -0.2) is 0 Å². The summed E-state index contributed by atoms with van der Waals surface area (Å²) in [6, 6.07) is 5.80. The van der Waals surface area contributed by atoms with Crippen molar-refractivity contribution in [3.8, 4) is 5.75 Å². The van der Waals surface area contributed by atoms with E-state index < -0.39 is 31.8 Å². The van der Waals surface area contributed by atoms with Crippen molar-refractivity contribution in [2.45, 2.75) is 18.6 Å². The summed E-state index contributed by atoms with van der Waals surface area (Å²) < 4.78 is 10.2. The number of aliphatic hydroxyl groups excluding tert-OH is 3. The highest BCUT2D eigenvalue weighted by Crippen LogP contribution is 2.18. The number of hydrogen-bond acceptors (Lipinski definition) is 8. The van der Waals surface area contributed by atoms with Gasteiger partial charge >= 0.3 is 0 Å².